The molecule has 21 heavy (non-hydrogen) atoms. The molecule has 2 amide bonds. The van der Waals surface area contributed by atoms with Crippen molar-refractivity contribution in [3.05, 3.63) is 24.0 Å². The van der Waals surface area contributed by atoms with E-state index in [1.807, 2.05) is 0 Å². The number of rotatable bonds is 5. The quantitative estimate of drug-likeness (QED) is 0.737. The monoisotopic (exact) mass is 295 g/mol. The zero-order valence-electron chi connectivity index (χ0n) is 11.6. The summed E-state index contributed by atoms with van der Waals surface area (Å²) in [6.45, 7) is 0.560. The van der Waals surface area contributed by atoms with Crippen molar-refractivity contribution in [3.63, 3.8) is 0 Å². The lowest BCUT2D eigenvalue weighted by Crippen LogP contribution is -2.59. The molecule has 0 aromatic carbocycles. The molecule has 0 bridgehead atoms. The zero-order valence-corrected chi connectivity index (χ0v) is 11.6. The van der Waals surface area contributed by atoms with Crippen molar-refractivity contribution in [1.29, 1.82) is 0 Å². The maximum absolute atomic E-state index is 12.5. The highest BCUT2D eigenvalue weighted by Gasteiger charge is 2.36. The maximum atomic E-state index is 12.5. The lowest BCUT2D eigenvalue weighted by molar-refractivity contribution is -0.144. The van der Waals surface area contributed by atoms with E-state index in [0.29, 0.717) is 18.8 Å². The molecule has 2 rings (SSSR count). The molecule has 1 aromatic rings. The number of nitrogens with one attached hydrogen (secondary N) is 1. The number of carbonyl (C=O) groups excluding carboxylic acids is 2. The molecular formula is C13H17N3O5. The molecule has 1 aliphatic heterocycles. The number of methoxy groups -OCH3 is 1. The highest BCUT2D eigenvalue weighted by molar-refractivity contribution is 5.99. The van der Waals surface area contributed by atoms with Crippen LogP contribution < -0.4 is 5.32 Å². The van der Waals surface area contributed by atoms with Gasteiger partial charge >= 0.3 is 5.97 Å². The van der Waals surface area contributed by atoms with Crippen LogP contribution in [0.5, 0.6) is 0 Å². The highest BCUT2D eigenvalue weighted by Crippen LogP contribution is 2.12. The molecule has 1 unspecified atom stereocenters. The number of hydrogen-bond acceptors (Lipinski definition) is 4. The normalized spacial score (nSPS) is 18.4. The van der Waals surface area contributed by atoms with Crippen molar-refractivity contribution in [3.8, 4) is 0 Å². The van der Waals surface area contributed by atoms with Gasteiger partial charge in [0.2, 0.25) is 5.91 Å². The molecule has 2 heterocycles. The Kier molecular flexibility index (Phi) is 4.59. The van der Waals surface area contributed by atoms with E-state index in [0.717, 1.165) is 4.90 Å². The molecule has 0 saturated carbocycles. The van der Waals surface area contributed by atoms with Gasteiger partial charge in [0.1, 0.15) is 18.3 Å². The average Bonchev–Trinajstić information content (AvgIpc) is 2.92. The summed E-state index contributed by atoms with van der Waals surface area (Å²) in [4.78, 5) is 36.3. The van der Waals surface area contributed by atoms with Crippen LogP contribution in [0, 0.1) is 0 Å². The number of aliphatic carboxylic acids is 1. The number of piperazine rings is 1. The van der Waals surface area contributed by atoms with Crippen LogP contribution in [0.2, 0.25) is 0 Å². The molecule has 1 atom stereocenters. The van der Waals surface area contributed by atoms with Gasteiger partial charge in [0.25, 0.3) is 5.91 Å². The predicted molar refractivity (Wildman–Crippen MR) is 71.8 cm³/mol. The Labute approximate surface area is 121 Å². The minimum Gasteiger partial charge on any atom is -0.480 e. The summed E-state index contributed by atoms with van der Waals surface area (Å²) in [6, 6.07) is 2.24. The Bertz CT molecular complexity index is 554. The topological polar surface area (TPSA) is 101 Å². The van der Waals surface area contributed by atoms with Gasteiger partial charge < -0.3 is 24.6 Å². The molecule has 2 N–H and O–H groups in total. The van der Waals surface area contributed by atoms with Crippen LogP contribution in [0.1, 0.15) is 10.5 Å². The van der Waals surface area contributed by atoms with Crippen LogP contribution in [0.25, 0.3) is 0 Å². The van der Waals surface area contributed by atoms with Crippen molar-refractivity contribution in [2.75, 3.05) is 26.8 Å². The molecule has 1 aromatic heterocycles. The van der Waals surface area contributed by atoms with Crippen LogP contribution in [0.4, 0.5) is 0 Å². The van der Waals surface area contributed by atoms with E-state index in [-0.39, 0.29) is 19.0 Å². The van der Waals surface area contributed by atoms with E-state index in [1.54, 1.807) is 30.0 Å². The predicted octanol–water partition coefficient (Wildman–Crippen LogP) is -0.840. The van der Waals surface area contributed by atoms with Gasteiger partial charge in [-0.05, 0) is 12.1 Å². The average molecular weight is 295 g/mol. The van der Waals surface area contributed by atoms with Crippen LogP contribution in [0.15, 0.2) is 18.3 Å². The Morgan fingerprint density at radius 2 is 2.29 bits per heavy atom. The van der Waals surface area contributed by atoms with Gasteiger partial charge in [-0.3, -0.25) is 9.59 Å². The van der Waals surface area contributed by atoms with Crippen LogP contribution in [0.3, 0.4) is 0 Å². The van der Waals surface area contributed by atoms with E-state index in [2.05, 4.69) is 5.32 Å². The highest BCUT2D eigenvalue weighted by atomic mass is 16.5. The SMILES string of the molecule is COCCn1cccc1C(=O)N1CC(=O)NCC1C(=O)O. The Morgan fingerprint density at radius 1 is 1.52 bits per heavy atom. The maximum Gasteiger partial charge on any atom is 0.328 e. The van der Waals surface area contributed by atoms with Gasteiger partial charge in [0.05, 0.1) is 6.61 Å². The third-order valence-electron chi connectivity index (χ3n) is 3.31. The first-order valence-electron chi connectivity index (χ1n) is 6.49. The second kappa shape index (κ2) is 6.40. The van der Waals surface area contributed by atoms with Crippen molar-refractivity contribution in [2.24, 2.45) is 0 Å². The van der Waals surface area contributed by atoms with E-state index < -0.39 is 17.9 Å². The number of carboxylic acid groups (broad SMARTS) is 1. The second-order valence-electron chi connectivity index (χ2n) is 4.67. The fourth-order valence-corrected chi connectivity index (χ4v) is 2.22. The molecule has 1 saturated heterocycles. The molecular weight excluding hydrogens is 278 g/mol. The summed E-state index contributed by atoms with van der Waals surface area (Å²) in [7, 11) is 1.56. The first-order chi connectivity index (χ1) is 10.0. The zero-order chi connectivity index (χ0) is 15.4. The van der Waals surface area contributed by atoms with Gasteiger partial charge in [0, 0.05) is 26.4 Å². The molecule has 1 aliphatic rings. The van der Waals surface area contributed by atoms with Crippen molar-refractivity contribution in [2.45, 2.75) is 12.6 Å². The number of carboxylic acids is 1. The number of carbonyl (C=O) groups is 3. The summed E-state index contributed by atoms with van der Waals surface area (Å²) in [5.74, 6) is -1.98. The smallest absolute Gasteiger partial charge is 0.328 e. The number of amides is 2. The van der Waals surface area contributed by atoms with Crippen molar-refractivity contribution >= 4 is 17.8 Å². The molecule has 1 fully saturated rings. The number of hydrogen-bond donors (Lipinski definition) is 2. The summed E-state index contributed by atoms with van der Waals surface area (Å²) in [6.07, 6.45) is 1.71. The fraction of sp³-hybridized carbons (Fsp3) is 0.462. The van der Waals surface area contributed by atoms with Gasteiger partial charge in [-0.1, -0.05) is 0 Å². The summed E-state index contributed by atoms with van der Waals surface area (Å²) >= 11 is 0. The van der Waals surface area contributed by atoms with E-state index >= 15 is 0 Å². The first kappa shape index (κ1) is 15.0. The lowest BCUT2D eigenvalue weighted by atomic mass is 10.1. The standard InChI is InChI=1S/C13H17N3O5/c1-21-6-5-15-4-2-3-9(15)12(18)16-8-11(17)14-7-10(16)13(19)20/h2-4,10H,5-8H2,1H3,(H,14,17)(H,19,20). The van der Waals surface area contributed by atoms with Gasteiger partial charge in [-0.25, -0.2) is 4.79 Å². The summed E-state index contributed by atoms with van der Waals surface area (Å²) in [5, 5.41) is 11.6. The summed E-state index contributed by atoms with van der Waals surface area (Å²) < 4.78 is 6.65. The third kappa shape index (κ3) is 3.22. The fourth-order valence-electron chi connectivity index (χ4n) is 2.22. The minimum absolute atomic E-state index is 0.0846. The molecule has 0 aliphatic carbocycles. The Balaban J connectivity index is 2.22. The molecule has 0 spiro atoms. The van der Waals surface area contributed by atoms with Gasteiger partial charge in [0.15, 0.2) is 0 Å². The van der Waals surface area contributed by atoms with Crippen LogP contribution in [-0.2, 0) is 20.9 Å². The number of nitrogens with zero attached hydrogens (tertiary/aromatic N) is 2. The van der Waals surface area contributed by atoms with Crippen molar-refractivity contribution in [1.82, 2.24) is 14.8 Å². The Morgan fingerprint density at radius 3 is 2.95 bits per heavy atom. The van der Waals surface area contributed by atoms with Crippen LogP contribution >= 0.6 is 0 Å². The third-order valence-corrected chi connectivity index (χ3v) is 3.31. The molecule has 8 heteroatoms. The molecule has 8 nitrogen and oxygen atoms in total. The summed E-state index contributed by atoms with van der Waals surface area (Å²) in [5.41, 5.74) is 0.341. The Hall–Kier alpha value is -2.35. The number of ether oxygens (including phenoxy) is 1. The second-order valence-corrected chi connectivity index (χ2v) is 4.67. The molecule has 114 valence electrons. The van der Waals surface area contributed by atoms with Crippen LogP contribution in [-0.4, -0.2) is 65.2 Å². The minimum atomic E-state index is -1.14. The van der Waals surface area contributed by atoms with E-state index in [4.69, 9.17) is 4.74 Å². The van der Waals surface area contributed by atoms with E-state index in [9.17, 15) is 19.5 Å². The first-order valence-corrected chi connectivity index (χ1v) is 6.49. The number of aromatic nitrogens is 1. The lowest BCUT2D eigenvalue weighted by Gasteiger charge is -2.32. The largest absolute Gasteiger partial charge is 0.480 e. The van der Waals surface area contributed by atoms with Gasteiger partial charge in [-0.15, -0.1) is 0 Å². The van der Waals surface area contributed by atoms with Crippen molar-refractivity contribution < 1.29 is 24.2 Å². The van der Waals surface area contributed by atoms with E-state index in [1.165, 1.54) is 0 Å². The molecule has 0 radical (unpaired) electrons. The van der Waals surface area contributed by atoms with Gasteiger partial charge in [-0.2, -0.15) is 0 Å².